The molecule has 0 bridgehead atoms. The van der Waals surface area contributed by atoms with Crippen molar-refractivity contribution in [2.45, 2.75) is 6.18 Å². The second-order valence-corrected chi connectivity index (χ2v) is 7.74. The highest BCUT2D eigenvalue weighted by molar-refractivity contribution is 6.05. The van der Waals surface area contributed by atoms with Gasteiger partial charge in [-0.15, -0.1) is 0 Å². The lowest BCUT2D eigenvalue weighted by Gasteiger charge is -2.37. The van der Waals surface area contributed by atoms with Gasteiger partial charge in [-0.25, -0.2) is 9.78 Å². The third-order valence-corrected chi connectivity index (χ3v) is 5.51. The summed E-state index contributed by atoms with van der Waals surface area (Å²) >= 11 is 0. The number of aromatic nitrogens is 1. The summed E-state index contributed by atoms with van der Waals surface area (Å²) in [4.78, 5) is 32.1. The molecule has 0 unspecified atom stereocenters. The van der Waals surface area contributed by atoms with E-state index in [2.05, 4.69) is 10.3 Å². The summed E-state index contributed by atoms with van der Waals surface area (Å²) in [6.07, 6.45) is -3.03. The molecule has 176 valence electrons. The van der Waals surface area contributed by atoms with Gasteiger partial charge in [-0.2, -0.15) is 13.2 Å². The van der Waals surface area contributed by atoms with Gasteiger partial charge >= 0.3 is 12.1 Å². The molecule has 7 nitrogen and oxygen atoms in total. The summed E-state index contributed by atoms with van der Waals surface area (Å²) in [6, 6.07) is 15.0. The summed E-state index contributed by atoms with van der Waals surface area (Å²) < 4.78 is 39.1. The number of nitrogens with zero attached hydrogens (tertiary/aromatic N) is 3. The monoisotopic (exact) mass is 470 g/mol. The lowest BCUT2D eigenvalue weighted by molar-refractivity contribution is -0.137. The van der Waals surface area contributed by atoms with Crippen molar-refractivity contribution in [3.63, 3.8) is 0 Å². The molecule has 1 fully saturated rings. The van der Waals surface area contributed by atoms with E-state index < -0.39 is 17.7 Å². The number of anilines is 3. The maximum absolute atomic E-state index is 13.0. The number of alkyl halides is 3. The fourth-order valence-corrected chi connectivity index (χ4v) is 3.78. The van der Waals surface area contributed by atoms with Crippen LogP contribution in [0, 0.1) is 0 Å². The number of hydrogen-bond donors (Lipinski definition) is 2. The van der Waals surface area contributed by atoms with Gasteiger partial charge in [-0.1, -0.05) is 24.3 Å². The zero-order valence-electron chi connectivity index (χ0n) is 17.9. The third kappa shape index (κ3) is 5.11. The van der Waals surface area contributed by atoms with Gasteiger partial charge in [0.25, 0.3) is 5.91 Å². The van der Waals surface area contributed by atoms with Crippen LogP contribution in [0.2, 0.25) is 0 Å². The zero-order chi connectivity index (χ0) is 24.3. The number of nitrogens with one attached hydrogen (secondary N) is 1. The van der Waals surface area contributed by atoms with E-state index in [-0.39, 0.29) is 23.0 Å². The molecular formula is C24H21F3N4O3. The van der Waals surface area contributed by atoms with Crippen LogP contribution >= 0.6 is 0 Å². The number of carbonyl (C=O) groups excluding carboxylic acids is 1. The molecule has 1 aliphatic rings. The van der Waals surface area contributed by atoms with Gasteiger partial charge in [0, 0.05) is 37.4 Å². The zero-order valence-corrected chi connectivity index (χ0v) is 17.9. The number of hydrogen-bond acceptors (Lipinski definition) is 5. The Bertz CT molecular complexity index is 1190. The average molecular weight is 470 g/mol. The molecule has 1 aromatic heterocycles. The number of carboxylic acids is 1. The van der Waals surface area contributed by atoms with E-state index in [0.717, 1.165) is 12.1 Å². The van der Waals surface area contributed by atoms with Crippen molar-refractivity contribution in [2.24, 2.45) is 0 Å². The van der Waals surface area contributed by atoms with Gasteiger partial charge < -0.3 is 20.2 Å². The number of aromatic carboxylic acids is 1. The highest BCUT2D eigenvalue weighted by Crippen LogP contribution is 2.32. The number of carbonyl (C=O) groups is 2. The van der Waals surface area contributed by atoms with Gasteiger partial charge in [0.2, 0.25) is 0 Å². The minimum atomic E-state index is -4.42. The Morgan fingerprint density at radius 2 is 1.59 bits per heavy atom. The Kier molecular flexibility index (Phi) is 6.40. The first-order valence-corrected chi connectivity index (χ1v) is 10.5. The Morgan fingerprint density at radius 3 is 2.24 bits per heavy atom. The summed E-state index contributed by atoms with van der Waals surface area (Å²) in [7, 11) is 0. The molecule has 0 aliphatic carbocycles. The van der Waals surface area contributed by atoms with Crippen LogP contribution in [0.4, 0.5) is 30.4 Å². The van der Waals surface area contributed by atoms with Crippen LogP contribution in [-0.2, 0) is 6.18 Å². The molecular weight excluding hydrogens is 449 g/mol. The molecule has 1 saturated heterocycles. The standard InChI is InChI=1S/C24H21F3N4O3/c25-24(26,27)17-7-4-8-19(13-17)30-9-11-31(12-10-30)21-20(23(33)34)14-18(15-28-21)29-22(32)16-5-2-1-3-6-16/h1-8,13-15H,9-12H2,(H,29,32)(H,33,34). The first-order chi connectivity index (χ1) is 16.2. The molecule has 1 aliphatic heterocycles. The molecule has 0 saturated carbocycles. The number of benzene rings is 2. The first kappa shape index (κ1) is 23.1. The lowest BCUT2D eigenvalue weighted by atomic mass is 10.1. The van der Waals surface area contributed by atoms with Gasteiger partial charge in [0.15, 0.2) is 0 Å². The number of pyridine rings is 1. The normalized spacial score (nSPS) is 14.1. The van der Waals surface area contributed by atoms with Gasteiger partial charge in [-0.3, -0.25) is 4.79 Å². The Balaban J connectivity index is 1.47. The number of carboxylic acid groups (broad SMARTS) is 1. The number of rotatable bonds is 5. The minimum Gasteiger partial charge on any atom is -0.478 e. The van der Waals surface area contributed by atoms with Crippen molar-refractivity contribution in [1.82, 2.24) is 4.98 Å². The van der Waals surface area contributed by atoms with Crippen molar-refractivity contribution >= 4 is 29.1 Å². The van der Waals surface area contributed by atoms with Gasteiger partial charge in [-0.05, 0) is 36.4 Å². The van der Waals surface area contributed by atoms with Crippen molar-refractivity contribution < 1.29 is 27.9 Å². The highest BCUT2D eigenvalue weighted by Gasteiger charge is 2.31. The van der Waals surface area contributed by atoms with Gasteiger partial charge in [0.1, 0.15) is 11.4 Å². The summed E-state index contributed by atoms with van der Waals surface area (Å²) in [6.45, 7) is 1.54. The Morgan fingerprint density at radius 1 is 0.912 bits per heavy atom. The number of piperazine rings is 1. The van der Waals surface area contributed by atoms with E-state index in [4.69, 9.17) is 0 Å². The minimum absolute atomic E-state index is 0.0709. The predicted octanol–water partition coefficient (Wildman–Crippen LogP) is 4.38. The lowest BCUT2D eigenvalue weighted by Crippen LogP contribution is -2.47. The molecule has 4 rings (SSSR count). The van der Waals surface area contributed by atoms with E-state index in [1.54, 1.807) is 41.3 Å². The maximum Gasteiger partial charge on any atom is 0.416 e. The maximum atomic E-state index is 13.0. The van der Waals surface area contributed by atoms with Crippen LogP contribution in [0.15, 0.2) is 66.9 Å². The fourth-order valence-electron chi connectivity index (χ4n) is 3.78. The first-order valence-electron chi connectivity index (χ1n) is 10.5. The third-order valence-electron chi connectivity index (χ3n) is 5.51. The van der Waals surface area contributed by atoms with Crippen molar-refractivity contribution in [2.75, 3.05) is 41.3 Å². The molecule has 0 radical (unpaired) electrons. The molecule has 2 aromatic carbocycles. The van der Waals surface area contributed by atoms with E-state index in [0.29, 0.717) is 37.4 Å². The smallest absolute Gasteiger partial charge is 0.416 e. The van der Waals surface area contributed by atoms with Crippen LogP contribution in [0.1, 0.15) is 26.3 Å². The molecule has 2 heterocycles. The largest absolute Gasteiger partial charge is 0.478 e. The van der Waals surface area contributed by atoms with Crippen LogP contribution in [-0.4, -0.2) is 48.1 Å². The summed E-state index contributed by atoms with van der Waals surface area (Å²) in [5, 5.41) is 12.4. The highest BCUT2D eigenvalue weighted by atomic mass is 19.4. The van der Waals surface area contributed by atoms with Crippen molar-refractivity contribution in [3.8, 4) is 0 Å². The topological polar surface area (TPSA) is 85.8 Å². The predicted molar refractivity (Wildman–Crippen MR) is 121 cm³/mol. The van der Waals surface area contributed by atoms with E-state index in [1.165, 1.54) is 18.3 Å². The average Bonchev–Trinajstić information content (AvgIpc) is 2.84. The summed E-state index contributed by atoms with van der Waals surface area (Å²) in [5.41, 5.74) is 0.348. The van der Waals surface area contributed by atoms with E-state index in [1.807, 2.05) is 4.90 Å². The van der Waals surface area contributed by atoms with Crippen molar-refractivity contribution in [3.05, 3.63) is 83.6 Å². The quantitative estimate of drug-likeness (QED) is 0.576. The van der Waals surface area contributed by atoms with Gasteiger partial charge in [0.05, 0.1) is 17.4 Å². The second kappa shape index (κ2) is 9.42. The van der Waals surface area contributed by atoms with Crippen LogP contribution in [0.5, 0.6) is 0 Å². The number of amides is 1. The molecule has 1 amide bonds. The van der Waals surface area contributed by atoms with E-state index >= 15 is 0 Å². The summed E-state index contributed by atoms with van der Waals surface area (Å²) in [5.74, 6) is -1.34. The Hall–Kier alpha value is -4.08. The molecule has 34 heavy (non-hydrogen) atoms. The Labute approximate surface area is 193 Å². The van der Waals surface area contributed by atoms with Crippen LogP contribution in [0.25, 0.3) is 0 Å². The second-order valence-electron chi connectivity index (χ2n) is 7.74. The van der Waals surface area contributed by atoms with E-state index in [9.17, 15) is 27.9 Å². The molecule has 0 atom stereocenters. The van der Waals surface area contributed by atoms with Crippen LogP contribution < -0.4 is 15.1 Å². The molecule has 3 aromatic rings. The molecule has 10 heteroatoms. The van der Waals surface area contributed by atoms with Crippen molar-refractivity contribution in [1.29, 1.82) is 0 Å². The molecule has 0 spiro atoms. The SMILES string of the molecule is O=C(Nc1cnc(N2CCN(c3cccc(C(F)(F)F)c3)CC2)c(C(=O)O)c1)c1ccccc1. The molecule has 2 N–H and O–H groups in total. The van der Waals surface area contributed by atoms with Crippen LogP contribution in [0.3, 0.4) is 0 Å². The fraction of sp³-hybridized carbons (Fsp3) is 0.208. The number of halogens is 3.